The zero-order valence-electron chi connectivity index (χ0n) is 11.5. The van der Waals surface area contributed by atoms with Crippen molar-refractivity contribution in [1.29, 1.82) is 0 Å². The lowest BCUT2D eigenvalue weighted by Crippen LogP contribution is -2.23. The van der Waals surface area contributed by atoms with Gasteiger partial charge in [-0.15, -0.1) is 5.10 Å². The molecular formula is C14H13N5O2S. The van der Waals surface area contributed by atoms with Gasteiger partial charge in [-0.25, -0.2) is 9.48 Å². The molecule has 3 aromatic rings. The number of carbonyl (C=O) groups excluding carboxylic acids is 1. The van der Waals surface area contributed by atoms with E-state index in [1.165, 1.54) is 0 Å². The predicted octanol–water partition coefficient (Wildman–Crippen LogP) is 2.15. The van der Waals surface area contributed by atoms with E-state index >= 15 is 0 Å². The van der Waals surface area contributed by atoms with Crippen LogP contribution in [0.3, 0.4) is 0 Å². The van der Waals surface area contributed by atoms with Crippen molar-refractivity contribution in [2.45, 2.75) is 13.2 Å². The highest BCUT2D eigenvalue weighted by Crippen LogP contribution is 2.10. The molecule has 0 bridgehead atoms. The highest BCUT2D eigenvalue weighted by atomic mass is 32.1. The minimum Gasteiger partial charge on any atom is -0.445 e. The van der Waals surface area contributed by atoms with Gasteiger partial charge in [0.2, 0.25) is 0 Å². The number of thiophene rings is 1. The Balaban J connectivity index is 1.47. The molecule has 8 heteroatoms. The van der Waals surface area contributed by atoms with Crippen LogP contribution in [0, 0.1) is 0 Å². The second-order valence-electron chi connectivity index (χ2n) is 4.42. The fourth-order valence-electron chi connectivity index (χ4n) is 1.73. The lowest BCUT2D eigenvalue weighted by Gasteiger charge is -2.05. The molecule has 0 saturated heterocycles. The first-order valence-electron chi connectivity index (χ1n) is 6.54. The van der Waals surface area contributed by atoms with Gasteiger partial charge in [-0.1, -0.05) is 5.21 Å². The van der Waals surface area contributed by atoms with Gasteiger partial charge in [-0.05, 0) is 29.1 Å². The van der Waals surface area contributed by atoms with Crippen LogP contribution >= 0.6 is 11.3 Å². The van der Waals surface area contributed by atoms with Crippen LogP contribution in [0.1, 0.15) is 11.3 Å². The first kappa shape index (κ1) is 14.2. The Morgan fingerprint density at radius 3 is 2.95 bits per heavy atom. The number of aromatic nitrogens is 4. The number of nitrogens with zero attached hydrogens (tertiary/aromatic N) is 4. The highest BCUT2D eigenvalue weighted by molar-refractivity contribution is 7.08. The van der Waals surface area contributed by atoms with Crippen LogP contribution < -0.4 is 5.32 Å². The van der Waals surface area contributed by atoms with Crippen molar-refractivity contribution in [2.24, 2.45) is 0 Å². The van der Waals surface area contributed by atoms with Gasteiger partial charge in [0, 0.05) is 17.8 Å². The maximum Gasteiger partial charge on any atom is 0.407 e. The maximum atomic E-state index is 11.6. The van der Waals surface area contributed by atoms with Gasteiger partial charge >= 0.3 is 6.09 Å². The van der Waals surface area contributed by atoms with Crippen LogP contribution in [0.2, 0.25) is 0 Å². The molecule has 0 fully saturated rings. The minimum absolute atomic E-state index is 0.204. The van der Waals surface area contributed by atoms with Gasteiger partial charge in [0.15, 0.2) is 0 Å². The van der Waals surface area contributed by atoms with E-state index in [-0.39, 0.29) is 13.2 Å². The van der Waals surface area contributed by atoms with E-state index in [0.717, 1.165) is 11.3 Å². The highest BCUT2D eigenvalue weighted by Gasteiger charge is 2.06. The Hall–Kier alpha value is -2.74. The van der Waals surface area contributed by atoms with Crippen molar-refractivity contribution in [1.82, 2.24) is 25.3 Å². The molecule has 0 aromatic carbocycles. The zero-order valence-corrected chi connectivity index (χ0v) is 12.4. The summed E-state index contributed by atoms with van der Waals surface area (Å²) in [6.07, 6.45) is 4.58. The summed E-state index contributed by atoms with van der Waals surface area (Å²) in [7, 11) is 0. The van der Waals surface area contributed by atoms with E-state index < -0.39 is 6.09 Å². The molecule has 3 rings (SSSR count). The fraction of sp³-hybridized carbons (Fsp3) is 0.143. The molecule has 1 amide bonds. The van der Waals surface area contributed by atoms with Crippen molar-refractivity contribution in [3.63, 3.8) is 0 Å². The minimum atomic E-state index is -0.498. The normalized spacial score (nSPS) is 10.4. The van der Waals surface area contributed by atoms with Gasteiger partial charge in [0.1, 0.15) is 12.3 Å². The number of pyridine rings is 1. The summed E-state index contributed by atoms with van der Waals surface area (Å²) < 4.78 is 6.76. The fourth-order valence-corrected chi connectivity index (χ4v) is 2.36. The number of alkyl carbamates (subject to hydrolysis) is 1. The van der Waals surface area contributed by atoms with Crippen molar-refractivity contribution in [2.75, 3.05) is 0 Å². The van der Waals surface area contributed by atoms with E-state index in [0.29, 0.717) is 5.69 Å². The number of hydrogen-bond donors (Lipinski definition) is 1. The molecule has 112 valence electrons. The Labute approximate surface area is 130 Å². The summed E-state index contributed by atoms with van der Waals surface area (Å²) in [6.45, 7) is 0.468. The molecule has 0 aliphatic rings. The molecule has 0 aliphatic carbocycles. The third-order valence-electron chi connectivity index (χ3n) is 2.84. The van der Waals surface area contributed by atoms with Crippen molar-refractivity contribution < 1.29 is 9.53 Å². The van der Waals surface area contributed by atoms with Crippen molar-refractivity contribution in [3.8, 4) is 5.69 Å². The Morgan fingerprint density at radius 1 is 1.32 bits per heavy atom. The molecular weight excluding hydrogens is 302 g/mol. The number of amides is 1. The van der Waals surface area contributed by atoms with Crippen LogP contribution in [0.5, 0.6) is 0 Å². The lowest BCUT2D eigenvalue weighted by molar-refractivity contribution is 0.139. The third-order valence-corrected chi connectivity index (χ3v) is 3.52. The van der Waals surface area contributed by atoms with Crippen molar-refractivity contribution >= 4 is 17.4 Å². The number of rotatable bonds is 5. The number of nitrogens with one attached hydrogen (secondary N) is 1. The molecule has 3 aromatic heterocycles. The largest absolute Gasteiger partial charge is 0.445 e. The molecule has 3 heterocycles. The molecule has 0 saturated carbocycles. The Bertz CT molecular complexity index is 727. The monoisotopic (exact) mass is 315 g/mol. The van der Waals surface area contributed by atoms with E-state index in [1.807, 2.05) is 16.8 Å². The standard InChI is InChI=1S/C14H13N5O2S/c20-14(21-9-11-1-4-15-5-2-11)16-7-12-8-19(18-17-12)13-3-6-22-10-13/h1-6,8,10H,7,9H2,(H,16,20). The molecule has 0 aliphatic heterocycles. The first-order chi connectivity index (χ1) is 10.8. The summed E-state index contributed by atoms with van der Waals surface area (Å²) >= 11 is 1.58. The van der Waals surface area contributed by atoms with Crippen molar-refractivity contribution in [3.05, 3.63) is 58.8 Å². The quantitative estimate of drug-likeness (QED) is 0.780. The third kappa shape index (κ3) is 3.67. The van der Waals surface area contributed by atoms with E-state index in [9.17, 15) is 4.79 Å². The summed E-state index contributed by atoms with van der Waals surface area (Å²) in [4.78, 5) is 15.5. The molecule has 0 radical (unpaired) electrons. The molecule has 0 spiro atoms. The smallest absolute Gasteiger partial charge is 0.407 e. The Kier molecular flexibility index (Phi) is 4.40. The number of hydrogen-bond acceptors (Lipinski definition) is 6. The zero-order chi connectivity index (χ0) is 15.2. The first-order valence-corrected chi connectivity index (χ1v) is 7.49. The number of carbonyl (C=O) groups is 1. The van der Waals surface area contributed by atoms with Crippen LogP contribution in [0.25, 0.3) is 5.69 Å². The van der Waals surface area contributed by atoms with Gasteiger partial charge in [-0.2, -0.15) is 11.3 Å². The summed E-state index contributed by atoms with van der Waals surface area (Å²) in [5.74, 6) is 0. The summed E-state index contributed by atoms with van der Waals surface area (Å²) in [6, 6.07) is 5.53. The average molecular weight is 315 g/mol. The molecule has 7 nitrogen and oxygen atoms in total. The Morgan fingerprint density at radius 2 is 2.18 bits per heavy atom. The van der Waals surface area contributed by atoms with Gasteiger partial charge in [0.25, 0.3) is 0 Å². The van der Waals surface area contributed by atoms with E-state index in [4.69, 9.17) is 4.74 Å². The molecule has 0 atom stereocenters. The predicted molar refractivity (Wildman–Crippen MR) is 80.5 cm³/mol. The maximum absolute atomic E-state index is 11.6. The average Bonchev–Trinajstić information content (AvgIpc) is 3.22. The number of ether oxygens (including phenoxy) is 1. The van der Waals surface area contributed by atoms with Crippen LogP contribution in [-0.4, -0.2) is 26.1 Å². The van der Waals surface area contributed by atoms with Crippen LogP contribution in [0.15, 0.2) is 47.5 Å². The second-order valence-corrected chi connectivity index (χ2v) is 5.20. The van der Waals surface area contributed by atoms with Gasteiger partial charge in [0.05, 0.1) is 18.4 Å². The molecule has 1 N–H and O–H groups in total. The van der Waals surface area contributed by atoms with Crippen LogP contribution in [-0.2, 0) is 17.9 Å². The summed E-state index contributed by atoms with van der Waals surface area (Å²) in [5, 5.41) is 14.6. The van der Waals surface area contributed by atoms with Crippen LogP contribution in [0.4, 0.5) is 4.79 Å². The SMILES string of the molecule is O=C(NCc1cn(-c2ccsc2)nn1)OCc1ccncc1. The topological polar surface area (TPSA) is 81.9 Å². The van der Waals surface area contributed by atoms with E-state index in [1.54, 1.807) is 46.7 Å². The molecule has 0 unspecified atom stereocenters. The van der Waals surface area contributed by atoms with Gasteiger partial charge in [-0.3, -0.25) is 4.98 Å². The lowest BCUT2D eigenvalue weighted by atomic mass is 10.3. The van der Waals surface area contributed by atoms with E-state index in [2.05, 4.69) is 20.6 Å². The summed E-state index contributed by atoms with van der Waals surface area (Å²) in [5.41, 5.74) is 2.49. The molecule has 22 heavy (non-hydrogen) atoms. The van der Waals surface area contributed by atoms with Gasteiger partial charge < -0.3 is 10.1 Å². The second kappa shape index (κ2) is 6.81.